The van der Waals surface area contributed by atoms with Gasteiger partial charge >= 0.3 is 17.9 Å². The van der Waals surface area contributed by atoms with Crippen molar-refractivity contribution in [2.24, 2.45) is 0 Å². The molecule has 0 aliphatic rings. The number of carbonyl (C=O) groups excluding carboxylic acids is 1. The number of pyridine rings is 1. The second kappa shape index (κ2) is 10.1. The predicted molar refractivity (Wildman–Crippen MR) is 87.2 cm³/mol. The van der Waals surface area contributed by atoms with E-state index in [1.165, 1.54) is 0 Å². The quantitative estimate of drug-likeness (QED) is 0.620. The Kier molecular flexibility index (Phi) is 8.20. The molecule has 0 unspecified atom stereocenters. The Bertz CT molecular complexity index is 704. The first-order chi connectivity index (χ1) is 12.2. The van der Waals surface area contributed by atoms with Crippen molar-refractivity contribution < 1.29 is 32.9 Å². The molecule has 0 spiro atoms. The van der Waals surface area contributed by atoms with Gasteiger partial charge in [0.15, 0.2) is 12.7 Å². The number of carboxylic acid groups (broad SMARTS) is 1. The number of aryl methyl sites for hydroxylation is 1. The minimum absolute atomic E-state index is 0.203. The summed E-state index contributed by atoms with van der Waals surface area (Å²) >= 11 is 0. The molecule has 0 bridgehead atoms. The molecule has 0 radical (unpaired) electrons. The summed E-state index contributed by atoms with van der Waals surface area (Å²) in [5.41, 5.74) is 1.83. The summed E-state index contributed by atoms with van der Waals surface area (Å²) in [5, 5.41) is 11.8. The lowest BCUT2D eigenvalue weighted by Gasteiger charge is -1.99. The average molecular weight is 368 g/mol. The molecule has 140 valence electrons. The molecule has 0 amide bonds. The van der Waals surface area contributed by atoms with Gasteiger partial charge in [0.25, 0.3) is 0 Å². The Morgan fingerprint density at radius 2 is 2.00 bits per heavy atom. The number of aromatic nitrogens is 3. The maximum atomic E-state index is 11.2. The zero-order valence-corrected chi connectivity index (χ0v) is 14.4. The molecule has 9 heteroatoms. The predicted octanol–water partition coefficient (Wildman–Crippen LogP) is 2.11. The summed E-state index contributed by atoms with van der Waals surface area (Å²) < 4.78 is 29.1. The minimum atomic E-state index is -3.58. The van der Waals surface area contributed by atoms with Crippen LogP contribution in [0.1, 0.15) is 20.3 Å². The van der Waals surface area contributed by atoms with Crippen LogP contribution >= 0.6 is 0 Å². The molecule has 2 heterocycles. The van der Waals surface area contributed by atoms with E-state index in [1.807, 2.05) is 30.5 Å². The van der Waals surface area contributed by atoms with Crippen LogP contribution in [0.4, 0.5) is 8.78 Å². The van der Waals surface area contributed by atoms with E-state index in [0.717, 1.165) is 11.3 Å². The third-order valence-electron chi connectivity index (χ3n) is 2.96. The van der Waals surface area contributed by atoms with E-state index in [-0.39, 0.29) is 5.97 Å². The largest absolute Gasteiger partial charge is 0.477 e. The number of carboxylic acids is 1. The first kappa shape index (κ1) is 21.1. The molecule has 0 aromatic carbocycles. The highest BCUT2D eigenvalue weighted by Gasteiger charge is 2.31. The van der Waals surface area contributed by atoms with Gasteiger partial charge < -0.3 is 9.84 Å². The van der Waals surface area contributed by atoms with E-state index in [1.54, 1.807) is 24.0 Å². The number of esters is 1. The maximum Gasteiger partial charge on any atom is 0.374 e. The highest BCUT2D eigenvalue weighted by Crippen LogP contribution is 2.12. The van der Waals surface area contributed by atoms with Crippen molar-refractivity contribution in [2.45, 2.75) is 32.7 Å². The SMILES string of the molecule is CC(F)(F)C(=O)O.CCOC(=O)CC[n+]1ccc(-c2ccccn2)cn1. The van der Waals surface area contributed by atoms with E-state index in [0.29, 0.717) is 26.5 Å². The van der Waals surface area contributed by atoms with E-state index in [4.69, 9.17) is 9.84 Å². The van der Waals surface area contributed by atoms with E-state index in [9.17, 15) is 18.4 Å². The summed E-state index contributed by atoms with van der Waals surface area (Å²) in [4.78, 5) is 24.8. The molecule has 0 aliphatic heterocycles. The van der Waals surface area contributed by atoms with Crippen LogP contribution in [0.3, 0.4) is 0 Å². The molecular formula is C17H20F2N3O4+. The molecule has 0 fully saturated rings. The van der Waals surface area contributed by atoms with Crippen molar-refractivity contribution in [1.29, 1.82) is 0 Å². The van der Waals surface area contributed by atoms with E-state index < -0.39 is 11.9 Å². The van der Waals surface area contributed by atoms with Crippen molar-refractivity contribution in [3.8, 4) is 11.3 Å². The fourth-order valence-corrected chi connectivity index (χ4v) is 1.64. The number of carbonyl (C=O) groups is 2. The number of hydrogen-bond donors (Lipinski definition) is 1. The van der Waals surface area contributed by atoms with Gasteiger partial charge in [-0.05, 0) is 24.2 Å². The van der Waals surface area contributed by atoms with Crippen LogP contribution in [0.2, 0.25) is 0 Å². The third kappa shape index (κ3) is 7.73. The molecular weight excluding hydrogens is 348 g/mol. The lowest BCUT2D eigenvalue weighted by Crippen LogP contribution is -2.38. The molecule has 26 heavy (non-hydrogen) atoms. The summed E-state index contributed by atoms with van der Waals surface area (Å²) in [6, 6.07) is 7.67. The lowest BCUT2D eigenvalue weighted by molar-refractivity contribution is -0.752. The van der Waals surface area contributed by atoms with Crippen molar-refractivity contribution in [2.75, 3.05) is 6.61 Å². The first-order valence-corrected chi connectivity index (χ1v) is 7.78. The second-order valence-corrected chi connectivity index (χ2v) is 5.14. The first-order valence-electron chi connectivity index (χ1n) is 7.78. The number of ether oxygens (including phenoxy) is 1. The van der Waals surface area contributed by atoms with Gasteiger partial charge in [-0.3, -0.25) is 9.78 Å². The second-order valence-electron chi connectivity index (χ2n) is 5.14. The van der Waals surface area contributed by atoms with Gasteiger partial charge in [0, 0.05) is 24.8 Å². The van der Waals surface area contributed by atoms with Gasteiger partial charge in [-0.2, -0.15) is 8.78 Å². The molecule has 0 saturated carbocycles. The normalized spacial score (nSPS) is 10.5. The molecule has 2 aromatic heterocycles. The summed E-state index contributed by atoms with van der Waals surface area (Å²) in [7, 11) is 0. The van der Waals surface area contributed by atoms with Gasteiger partial charge in [-0.15, -0.1) is 0 Å². The topological polar surface area (TPSA) is 93.3 Å². The number of hydrogen-bond acceptors (Lipinski definition) is 5. The van der Waals surface area contributed by atoms with Crippen LogP contribution in [0.5, 0.6) is 0 Å². The van der Waals surface area contributed by atoms with Crippen LogP contribution in [-0.4, -0.2) is 39.7 Å². The van der Waals surface area contributed by atoms with Gasteiger partial charge in [0.1, 0.15) is 12.6 Å². The number of nitrogens with zero attached hydrogens (tertiary/aromatic N) is 3. The zero-order valence-electron chi connectivity index (χ0n) is 14.4. The summed E-state index contributed by atoms with van der Waals surface area (Å²) in [6.45, 7) is 3.05. The fraction of sp³-hybridized carbons (Fsp3) is 0.353. The molecule has 0 saturated heterocycles. The Morgan fingerprint density at radius 1 is 1.31 bits per heavy atom. The van der Waals surface area contributed by atoms with Crippen molar-refractivity contribution in [3.63, 3.8) is 0 Å². The number of aliphatic carboxylic acids is 1. The Hall–Kier alpha value is -2.97. The van der Waals surface area contributed by atoms with Crippen LogP contribution in [0.15, 0.2) is 42.9 Å². The standard InChI is InChI=1S/C14H16N3O2.C3H4F2O2/c1-2-19-14(18)7-10-17-9-6-12(11-16-17)13-5-3-4-8-15-13;1-3(4,5)2(6)7/h3-6,8-9,11H,2,7,10H2,1H3;1H3,(H,6,7)/q+1;. The summed E-state index contributed by atoms with van der Waals surface area (Å²) in [6.07, 6.45) is 5.66. The molecule has 2 aromatic rings. The van der Waals surface area contributed by atoms with Crippen molar-refractivity contribution in [1.82, 2.24) is 10.1 Å². The summed E-state index contributed by atoms with van der Waals surface area (Å²) in [5.74, 6) is -5.88. The van der Waals surface area contributed by atoms with Gasteiger partial charge in [-0.25, -0.2) is 4.79 Å². The zero-order chi connectivity index (χ0) is 19.6. The van der Waals surface area contributed by atoms with Crippen LogP contribution < -0.4 is 4.68 Å². The molecule has 0 aliphatic carbocycles. The number of rotatable bonds is 6. The van der Waals surface area contributed by atoms with Crippen molar-refractivity contribution >= 4 is 11.9 Å². The highest BCUT2D eigenvalue weighted by atomic mass is 19.3. The van der Waals surface area contributed by atoms with E-state index in [2.05, 4.69) is 10.1 Å². The number of alkyl halides is 2. The Balaban J connectivity index is 0.000000412. The smallest absolute Gasteiger partial charge is 0.374 e. The van der Waals surface area contributed by atoms with Crippen LogP contribution in [0.25, 0.3) is 11.3 Å². The van der Waals surface area contributed by atoms with Crippen LogP contribution in [0, 0.1) is 0 Å². The van der Waals surface area contributed by atoms with Gasteiger partial charge in [0.05, 0.1) is 12.3 Å². The van der Waals surface area contributed by atoms with Gasteiger partial charge in [0.2, 0.25) is 0 Å². The average Bonchev–Trinajstić information content (AvgIpc) is 2.61. The molecule has 1 N–H and O–H groups in total. The van der Waals surface area contributed by atoms with Crippen molar-refractivity contribution in [3.05, 3.63) is 42.9 Å². The van der Waals surface area contributed by atoms with Crippen LogP contribution in [-0.2, 0) is 20.9 Å². The Morgan fingerprint density at radius 3 is 2.46 bits per heavy atom. The fourth-order valence-electron chi connectivity index (χ4n) is 1.64. The number of halogens is 2. The lowest BCUT2D eigenvalue weighted by atomic mass is 10.2. The minimum Gasteiger partial charge on any atom is -0.477 e. The van der Waals surface area contributed by atoms with E-state index >= 15 is 0 Å². The third-order valence-corrected chi connectivity index (χ3v) is 2.96. The Labute approximate surface area is 149 Å². The van der Waals surface area contributed by atoms with Gasteiger partial charge in [-0.1, -0.05) is 10.7 Å². The molecule has 7 nitrogen and oxygen atoms in total. The molecule has 2 rings (SSSR count). The monoisotopic (exact) mass is 368 g/mol. The molecule has 0 atom stereocenters. The maximum absolute atomic E-state index is 11.2. The highest BCUT2D eigenvalue weighted by molar-refractivity contribution is 5.74.